The second kappa shape index (κ2) is 4.75. The maximum atomic E-state index is 13.2. The highest BCUT2D eigenvalue weighted by Gasteiger charge is 2.11. The van der Waals surface area contributed by atoms with E-state index < -0.39 is 24.1 Å². The summed E-state index contributed by atoms with van der Waals surface area (Å²) in [6.07, 6.45) is -0.716. The molecule has 0 aliphatic rings. The van der Waals surface area contributed by atoms with Crippen LogP contribution in [0, 0.1) is 5.82 Å². The lowest BCUT2D eigenvalue weighted by molar-refractivity contribution is -0.139. The Labute approximate surface area is 89.7 Å². The summed E-state index contributed by atoms with van der Waals surface area (Å²) in [5.74, 6) is -2.86. The first kappa shape index (κ1) is 11.5. The standard InChI is InChI=1S/C9H7ClFNO3/c10-5-2-1-3-6(9(5)11)12-7(13)4-8(14)15/h1-3H,4H2,(H,12,13)(H,14,15). The van der Waals surface area contributed by atoms with Crippen molar-refractivity contribution in [1.29, 1.82) is 0 Å². The number of nitrogens with one attached hydrogen (secondary N) is 1. The van der Waals surface area contributed by atoms with Crippen LogP contribution in [0.25, 0.3) is 0 Å². The van der Waals surface area contributed by atoms with Crippen LogP contribution < -0.4 is 5.32 Å². The number of hydrogen-bond acceptors (Lipinski definition) is 2. The largest absolute Gasteiger partial charge is 0.481 e. The number of carboxylic acid groups (broad SMARTS) is 1. The summed E-state index contributed by atoms with van der Waals surface area (Å²) in [6, 6.07) is 4.06. The van der Waals surface area contributed by atoms with Crippen molar-refractivity contribution in [3.8, 4) is 0 Å². The number of carboxylic acids is 1. The smallest absolute Gasteiger partial charge is 0.312 e. The zero-order valence-electron chi connectivity index (χ0n) is 7.46. The fraction of sp³-hybridized carbons (Fsp3) is 0.111. The van der Waals surface area contributed by atoms with Gasteiger partial charge in [0.15, 0.2) is 5.82 Å². The third kappa shape index (κ3) is 3.21. The third-order valence-corrected chi connectivity index (χ3v) is 1.83. The van der Waals surface area contributed by atoms with Crippen molar-refractivity contribution in [2.75, 3.05) is 5.32 Å². The summed E-state index contributed by atoms with van der Waals surface area (Å²) in [5, 5.41) is 10.3. The molecule has 1 amide bonds. The molecule has 0 fully saturated rings. The summed E-state index contributed by atoms with van der Waals surface area (Å²) < 4.78 is 13.2. The monoisotopic (exact) mass is 231 g/mol. The predicted molar refractivity (Wildman–Crippen MR) is 52.3 cm³/mol. The van der Waals surface area contributed by atoms with Crippen molar-refractivity contribution >= 4 is 29.2 Å². The van der Waals surface area contributed by atoms with Crippen LogP contribution in [-0.2, 0) is 9.59 Å². The van der Waals surface area contributed by atoms with Crippen LogP contribution in [0.3, 0.4) is 0 Å². The molecule has 0 heterocycles. The second-order valence-electron chi connectivity index (χ2n) is 2.72. The Morgan fingerprint density at radius 1 is 1.47 bits per heavy atom. The van der Waals surface area contributed by atoms with Gasteiger partial charge < -0.3 is 10.4 Å². The number of hydrogen-bond donors (Lipinski definition) is 2. The van der Waals surface area contributed by atoms with Gasteiger partial charge in [0.2, 0.25) is 5.91 Å². The lowest BCUT2D eigenvalue weighted by Gasteiger charge is -2.05. The van der Waals surface area contributed by atoms with Crippen LogP contribution in [-0.4, -0.2) is 17.0 Å². The van der Waals surface area contributed by atoms with E-state index in [2.05, 4.69) is 5.32 Å². The first-order valence-electron chi connectivity index (χ1n) is 3.96. The van der Waals surface area contributed by atoms with Crippen LogP contribution in [0.15, 0.2) is 18.2 Å². The maximum Gasteiger partial charge on any atom is 0.312 e. The minimum atomic E-state index is -1.28. The van der Waals surface area contributed by atoms with Gasteiger partial charge in [-0.1, -0.05) is 17.7 Å². The molecule has 0 aliphatic carbocycles. The van der Waals surface area contributed by atoms with E-state index in [1.807, 2.05) is 0 Å². The quantitative estimate of drug-likeness (QED) is 0.781. The lowest BCUT2D eigenvalue weighted by Crippen LogP contribution is -2.16. The number of halogens is 2. The number of amides is 1. The molecule has 0 saturated heterocycles. The second-order valence-corrected chi connectivity index (χ2v) is 3.13. The molecule has 0 radical (unpaired) electrons. The van der Waals surface area contributed by atoms with Gasteiger partial charge in [0.05, 0.1) is 10.7 Å². The summed E-state index contributed by atoms with van der Waals surface area (Å²) >= 11 is 5.46. The molecule has 0 saturated carbocycles. The van der Waals surface area contributed by atoms with Gasteiger partial charge in [0.25, 0.3) is 0 Å². The molecule has 4 nitrogen and oxygen atoms in total. The van der Waals surface area contributed by atoms with E-state index in [1.54, 1.807) is 0 Å². The van der Waals surface area contributed by atoms with Crippen LogP contribution >= 0.6 is 11.6 Å². The molecule has 15 heavy (non-hydrogen) atoms. The van der Waals surface area contributed by atoms with Crippen molar-refractivity contribution in [3.05, 3.63) is 29.0 Å². The van der Waals surface area contributed by atoms with Crippen molar-refractivity contribution in [2.24, 2.45) is 0 Å². The molecule has 1 aromatic carbocycles. The van der Waals surface area contributed by atoms with Gasteiger partial charge in [0.1, 0.15) is 6.42 Å². The van der Waals surface area contributed by atoms with Gasteiger partial charge in [-0.2, -0.15) is 0 Å². The summed E-state index contributed by atoms with van der Waals surface area (Å²) in [5.41, 5.74) is -0.131. The van der Waals surface area contributed by atoms with Gasteiger partial charge in [0, 0.05) is 0 Å². The molecule has 0 atom stereocenters. The minimum absolute atomic E-state index is 0.131. The number of carbonyl (C=O) groups excluding carboxylic acids is 1. The molecule has 0 bridgehead atoms. The number of aliphatic carboxylic acids is 1. The number of carbonyl (C=O) groups is 2. The van der Waals surface area contributed by atoms with E-state index in [4.69, 9.17) is 16.7 Å². The Morgan fingerprint density at radius 2 is 2.13 bits per heavy atom. The molecule has 0 aromatic heterocycles. The lowest BCUT2D eigenvalue weighted by atomic mass is 10.3. The van der Waals surface area contributed by atoms with Crippen LogP contribution in [0.2, 0.25) is 5.02 Å². The zero-order chi connectivity index (χ0) is 11.4. The normalized spacial score (nSPS) is 9.73. The average molecular weight is 232 g/mol. The van der Waals surface area contributed by atoms with E-state index in [-0.39, 0.29) is 10.7 Å². The van der Waals surface area contributed by atoms with Gasteiger partial charge >= 0.3 is 5.97 Å². The highest BCUT2D eigenvalue weighted by atomic mass is 35.5. The Bertz CT molecular complexity index is 408. The van der Waals surface area contributed by atoms with Gasteiger partial charge in [-0.25, -0.2) is 4.39 Å². The van der Waals surface area contributed by atoms with E-state index in [1.165, 1.54) is 18.2 Å². The fourth-order valence-corrected chi connectivity index (χ4v) is 1.11. The molecule has 1 rings (SSSR count). The predicted octanol–water partition coefficient (Wildman–Crippen LogP) is 1.89. The Kier molecular flexibility index (Phi) is 3.62. The summed E-state index contributed by atoms with van der Waals surface area (Å²) in [7, 11) is 0. The number of benzene rings is 1. The topological polar surface area (TPSA) is 66.4 Å². The van der Waals surface area contributed by atoms with Crippen LogP contribution in [0.4, 0.5) is 10.1 Å². The molecule has 1 aromatic rings. The van der Waals surface area contributed by atoms with E-state index in [0.717, 1.165) is 0 Å². The molecule has 6 heteroatoms. The van der Waals surface area contributed by atoms with Gasteiger partial charge in [-0.3, -0.25) is 9.59 Å². The number of anilines is 1. The van der Waals surface area contributed by atoms with E-state index in [0.29, 0.717) is 0 Å². The molecule has 2 N–H and O–H groups in total. The van der Waals surface area contributed by atoms with Gasteiger partial charge in [-0.15, -0.1) is 0 Å². The van der Waals surface area contributed by atoms with Crippen LogP contribution in [0.1, 0.15) is 6.42 Å². The van der Waals surface area contributed by atoms with E-state index >= 15 is 0 Å². The molecular formula is C9H7ClFNO3. The number of rotatable bonds is 3. The van der Waals surface area contributed by atoms with Crippen molar-refractivity contribution in [1.82, 2.24) is 0 Å². The Hall–Kier alpha value is -1.62. The zero-order valence-corrected chi connectivity index (χ0v) is 8.21. The third-order valence-electron chi connectivity index (χ3n) is 1.54. The van der Waals surface area contributed by atoms with Crippen molar-refractivity contribution in [3.63, 3.8) is 0 Å². The van der Waals surface area contributed by atoms with E-state index in [9.17, 15) is 14.0 Å². The van der Waals surface area contributed by atoms with Gasteiger partial charge in [-0.05, 0) is 12.1 Å². The highest BCUT2D eigenvalue weighted by molar-refractivity contribution is 6.31. The summed E-state index contributed by atoms with van der Waals surface area (Å²) in [6.45, 7) is 0. The molecule has 0 spiro atoms. The first-order chi connectivity index (χ1) is 7.00. The highest BCUT2D eigenvalue weighted by Crippen LogP contribution is 2.21. The summed E-state index contributed by atoms with van der Waals surface area (Å²) in [4.78, 5) is 21.2. The van der Waals surface area contributed by atoms with Crippen LogP contribution in [0.5, 0.6) is 0 Å². The molecule has 80 valence electrons. The van der Waals surface area contributed by atoms with Crippen molar-refractivity contribution in [2.45, 2.75) is 6.42 Å². The fourth-order valence-electron chi connectivity index (χ4n) is 0.932. The first-order valence-corrected chi connectivity index (χ1v) is 4.34. The molecular weight excluding hydrogens is 225 g/mol. The van der Waals surface area contributed by atoms with Crippen molar-refractivity contribution < 1.29 is 19.1 Å². The SMILES string of the molecule is O=C(O)CC(=O)Nc1cccc(Cl)c1F. The average Bonchev–Trinajstić information content (AvgIpc) is 2.11. The Balaban J connectivity index is 2.77. The molecule has 0 aliphatic heterocycles. The Morgan fingerprint density at radius 3 is 2.73 bits per heavy atom. The molecule has 0 unspecified atom stereocenters. The maximum absolute atomic E-state index is 13.2. The minimum Gasteiger partial charge on any atom is -0.481 e.